The van der Waals surface area contributed by atoms with Crippen LogP contribution in [-0.2, 0) is 4.79 Å². The predicted molar refractivity (Wildman–Crippen MR) is 45.9 cm³/mol. The molecule has 1 rings (SSSR count). The quantitative estimate of drug-likeness (QED) is 0.411. The molecule has 0 saturated carbocycles. The Hall–Kier alpha value is -1.64. The minimum Gasteiger partial charge on any atom is -0.398 e. The van der Waals surface area contributed by atoms with Gasteiger partial charge in [-0.1, -0.05) is 0 Å². The number of anilines is 1. The third kappa shape index (κ3) is 1.92. The lowest BCUT2D eigenvalue weighted by atomic mass is 10.1. The highest BCUT2D eigenvalue weighted by Gasteiger charge is 1.95. The number of carbonyl (C=O) groups is 1. The van der Waals surface area contributed by atoms with Crippen molar-refractivity contribution in [2.24, 2.45) is 0 Å². The molecule has 0 aromatic heterocycles. The minimum atomic E-state index is -0.366. The van der Waals surface area contributed by atoms with Gasteiger partial charge in [0.25, 0.3) is 0 Å². The van der Waals surface area contributed by atoms with Crippen LogP contribution in [0, 0.1) is 5.82 Å². The smallest absolute Gasteiger partial charge is 0.142 e. The second-order valence-corrected chi connectivity index (χ2v) is 2.27. The number of benzene rings is 1. The van der Waals surface area contributed by atoms with Crippen molar-refractivity contribution in [2.75, 3.05) is 5.73 Å². The molecule has 0 unspecified atom stereocenters. The van der Waals surface area contributed by atoms with Gasteiger partial charge in [-0.05, 0) is 30.4 Å². The Morgan fingerprint density at radius 3 is 2.83 bits per heavy atom. The number of nitrogens with two attached hydrogens (primary N) is 1. The monoisotopic (exact) mass is 165 g/mol. The number of halogens is 1. The summed E-state index contributed by atoms with van der Waals surface area (Å²) in [6.45, 7) is 0. The second kappa shape index (κ2) is 3.67. The zero-order valence-corrected chi connectivity index (χ0v) is 6.33. The molecule has 0 radical (unpaired) electrons. The maximum absolute atomic E-state index is 12.6. The van der Waals surface area contributed by atoms with E-state index in [4.69, 9.17) is 5.73 Å². The van der Waals surface area contributed by atoms with E-state index in [1.165, 1.54) is 30.4 Å². The summed E-state index contributed by atoms with van der Waals surface area (Å²) in [7, 11) is 0. The van der Waals surface area contributed by atoms with Crippen molar-refractivity contribution in [3.05, 3.63) is 35.7 Å². The first-order valence-electron chi connectivity index (χ1n) is 3.41. The molecular formula is C9H8FNO. The van der Waals surface area contributed by atoms with E-state index in [-0.39, 0.29) is 5.82 Å². The number of allylic oxidation sites excluding steroid dienone is 1. The van der Waals surface area contributed by atoms with E-state index in [0.717, 1.165) is 0 Å². The third-order valence-corrected chi connectivity index (χ3v) is 1.40. The SMILES string of the molecule is Nc1ccc(F)cc1C=CC=O. The average Bonchev–Trinajstić information content (AvgIpc) is 2.07. The van der Waals surface area contributed by atoms with Crippen LogP contribution in [0.2, 0.25) is 0 Å². The Balaban J connectivity index is 3.04. The molecule has 0 saturated heterocycles. The summed E-state index contributed by atoms with van der Waals surface area (Å²) in [5.41, 5.74) is 6.47. The molecular weight excluding hydrogens is 157 g/mol. The van der Waals surface area contributed by atoms with Crippen molar-refractivity contribution in [2.45, 2.75) is 0 Å². The summed E-state index contributed by atoms with van der Waals surface area (Å²) < 4.78 is 12.6. The van der Waals surface area contributed by atoms with Crippen LogP contribution in [0.3, 0.4) is 0 Å². The van der Waals surface area contributed by atoms with E-state index < -0.39 is 0 Å². The molecule has 1 aromatic carbocycles. The van der Waals surface area contributed by atoms with Gasteiger partial charge in [0.15, 0.2) is 0 Å². The summed E-state index contributed by atoms with van der Waals surface area (Å²) in [6.07, 6.45) is 3.35. The number of nitrogen functional groups attached to an aromatic ring is 1. The van der Waals surface area contributed by atoms with E-state index in [0.29, 0.717) is 17.5 Å². The molecule has 0 aliphatic rings. The molecule has 0 heterocycles. The van der Waals surface area contributed by atoms with Crippen LogP contribution >= 0.6 is 0 Å². The first-order chi connectivity index (χ1) is 5.74. The van der Waals surface area contributed by atoms with Crippen molar-refractivity contribution in [1.82, 2.24) is 0 Å². The van der Waals surface area contributed by atoms with E-state index >= 15 is 0 Å². The molecule has 0 aliphatic carbocycles. The second-order valence-electron chi connectivity index (χ2n) is 2.27. The lowest BCUT2D eigenvalue weighted by molar-refractivity contribution is -0.104. The number of aldehydes is 1. The lowest BCUT2D eigenvalue weighted by Crippen LogP contribution is -1.89. The summed E-state index contributed by atoms with van der Waals surface area (Å²) >= 11 is 0. The largest absolute Gasteiger partial charge is 0.398 e. The van der Waals surface area contributed by atoms with Gasteiger partial charge in [-0.2, -0.15) is 0 Å². The molecule has 0 atom stereocenters. The highest BCUT2D eigenvalue weighted by atomic mass is 19.1. The van der Waals surface area contributed by atoms with E-state index in [1.54, 1.807) is 0 Å². The zero-order chi connectivity index (χ0) is 8.97. The van der Waals surface area contributed by atoms with E-state index in [9.17, 15) is 9.18 Å². The topological polar surface area (TPSA) is 43.1 Å². The zero-order valence-electron chi connectivity index (χ0n) is 6.33. The van der Waals surface area contributed by atoms with Gasteiger partial charge in [0.1, 0.15) is 12.1 Å². The summed E-state index contributed by atoms with van der Waals surface area (Å²) in [6, 6.07) is 4.00. The van der Waals surface area contributed by atoms with Gasteiger partial charge < -0.3 is 5.73 Å². The van der Waals surface area contributed by atoms with Crippen molar-refractivity contribution >= 4 is 18.0 Å². The molecule has 0 amide bonds. The third-order valence-electron chi connectivity index (χ3n) is 1.40. The highest BCUT2D eigenvalue weighted by molar-refractivity contribution is 5.77. The Bertz CT molecular complexity index is 320. The van der Waals surface area contributed by atoms with Crippen LogP contribution in [0.25, 0.3) is 6.08 Å². The van der Waals surface area contributed by atoms with Crippen molar-refractivity contribution in [3.63, 3.8) is 0 Å². The van der Waals surface area contributed by atoms with E-state index in [1.807, 2.05) is 0 Å². The number of carbonyl (C=O) groups excluding carboxylic acids is 1. The van der Waals surface area contributed by atoms with Crippen LogP contribution in [0.15, 0.2) is 24.3 Å². The van der Waals surface area contributed by atoms with Gasteiger partial charge in [-0.25, -0.2) is 4.39 Å². The molecule has 62 valence electrons. The van der Waals surface area contributed by atoms with Gasteiger partial charge in [0, 0.05) is 11.3 Å². The van der Waals surface area contributed by atoms with Crippen LogP contribution in [0.5, 0.6) is 0 Å². The molecule has 2 nitrogen and oxygen atoms in total. The van der Waals surface area contributed by atoms with Gasteiger partial charge in [-0.3, -0.25) is 4.79 Å². The van der Waals surface area contributed by atoms with Crippen LogP contribution in [-0.4, -0.2) is 6.29 Å². The molecule has 1 aromatic rings. The fourth-order valence-corrected chi connectivity index (χ4v) is 0.833. The highest BCUT2D eigenvalue weighted by Crippen LogP contribution is 2.14. The van der Waals surface area contributed by atoms with Gasteiger partial charge in [0.2, 0.25) is 0 Å². The fourth-order valence-electron chi connectivity index (χ4n) is 0.833. The van der Waals surface area contributed by atoms with Crippen LogP contribution in [0.1, 0.15) is 5.56 Å². The Morgan fingerprint density at radius 2 is 2.17 bits per heavy atom. The summed E-state index contributed by atoms with van der Waals surface area (Å²) in [5, 5.41) is 0. The normalized spacial score (nSPS) is 10.4. The van der Waals surface area contributed by atoms with Crippen molar-refractivity contribution in [3.8, 4) is 0 Å². The molecule has 2 N–H and O–H groups in total. The Kier molecular flexibility index (Phi) is 2.58. The maximum atomic E-state index is 12.6. The van der Waals surface area contributed by atoms with Gasteiger partial charge >= 0.3 is 0 Å². The summed E-state index contributed by atoms with van der Waals surface area (Å²) in [4.78, 5) is 9.95. The molecule has 3 heteroatoms. The predicted octanol–water partition coefficient (Wildman–Crippen LogP) is 1.62. The van der Waals surface area contributed by atoms with Gasteiger partial charge in [0.05, 0.1) is 0 Å². The Labute approximate surface area is 69.5 Å². The summed E-state index contributed by atoms with van der Waals surface area (Å²) in [5.74, 6) is -0.366. The number of rotatable bonds is 2. The molecule has 0 fully saturated rings. The standard InChI is InChI=1S/C9H8FNO/c10-8-3-4-9(11)7(6-8)2-1-5-12/h1-6H,11H2. The van der Waals surface area contributed by atoms with E-state index in [2.05, 4.69) is 0 Å². The first-order valence-corrected chi connectivity index (χ1v) is 3.41. The molecule has 0 aliphatic heterocycles. The van der Waals surface area contributed by atoms with Crippen molar-refractivity contribution in [1.29, 1.82) is 0 Å². The van der Waals surface area contributed by atoms with Crippen LogP contribution < -0.4 is 5.73 Å². The molecule has 0 spiro atoms. The van der Waals surface area contributed by atoms with Crippen molar-refractivity contribution < 1.29 is 9.18 Å². The average molecular weight is 165 g/mol. The molecule has 0 bridgehead atoms. The Morgan fingerprint density at radius 1 is 1.42 bits per heavy atom. The first kappa shape index (κ1) is 8.46. The fraction of sp³-hybridized carbons (Fsp3) is 0. The molecule has 12 heavy (non-hydrogen) atoms. The van der Waals surface area contributed by atoms with Gasteiger partial charge in [-0.15, -0.1) is 0 Å². The number of hydrogen-bond acceptors (Lipinski definition) is 2. The van der Waals surface area contributed by atoms with Crippen LogP contribution in [0.4, 0.5) is 10.1 Å². The maximum Gasteiger partial charge on any atom is 0.142 e. The lowest BCUT2D eigenvalue weighted by Gasteiger charge is -1.98. The number of hydrogen-bond donors (Lipinski definition) is 1. The minimum absolute atomic E-state index is 0.366.